The van der Waals surface area contributed by atoms with Crippen LogP contribution in [0.4, 0.5) is 11.4 Å². The highest BCUT2D eigenvalue weighted by atomic mass is 35.5. The molecule has 2 aliphatic carbocycles. The second-order valence-corrected chi connectivity index (χ2v) is 20.0. The van der Waals surface area contributed by atoms with Crippen LogP contribution >= 0.6 is 11.6 Å². The van der Waals surface area contributed by atoms with Crippen LogP contribution in [0.3, 0.4) is 0 Å². The van der Waals surface area contributed by atoms with E-state index in [0.29, 0.717) is 17.8 Å². The summed E-state index contributed by atoms with van der Waals surface area (Å²) in [7, 11) is -2.43. The largest absolute Gasteiger partial charge is 0.456 e. The molecule has 0 spiro atoms. The van der Waals surface area contributed by atoms with Crippen LogP contribution in [0.5, 0.6) is 11.5 Å². The number of amides is 1. The third kappa shape index (κ3) is 10.3. The number of benzene rings is 4. The van der Waals surface area contributed by atoms with Crippen LogP contribution < -0.4 is 19.7 Å². The Balaban J connectivity index is 0.972. The van der Waals surface area contributed by atoms with Crippen LogP contribution in [0.25, 0.3) is 16.5 Å². The van der Waals surface area contributed by atoms with Crippen LogP contribution in [0, 0.1) is 18.3 Å². The number of rotatable bonds is 13. The van der Waals surface area contributed by atoms with Crippen LogP contribution in [0.1, 0.15) is 80.3 Å². The highest BCUT2D eigenvalue weighted by Crippen LogP contribution is 2.43. The molecule has 10 nitrogen and oxygen atoms in total. The van der Waals surface area contributed by atoms with Crippen molar-refractivity contribution in [3.8, 4) is 11.5 Å². The standard InChI is InChI=1S/C49H58ClN5O5S/c1-33-27-42(15-18-45(33)52-31-34-5-12-40(59-4)13-6-34)61(57,58)53-48(56)43-16-11-39(29-47(43)60-41-14-17-46-36(28-41)20-22-51-46)55-25-23-54(24-26-55)32-37-19-21-49(2,3)30-44(37)35-7-9-38(50)10-8-35/h7-11,14-18,20,22,27-29,34,40,51-52H,5-6,12-13,19,21,23-26,30-32H2,1-4H3,(H,53,56)/t34-,40+. The van der Waals surface area contributed by atoms with Crippen molar-refractivity contribution in [1.29, 1.82) is 0 Å². The lowest BCUT2D eigenvalue weighted by atomic mass is 9.72. The molecule has 322 valence electrons. The van der Waals surface area contributed by atoms with Crippen molar-refractivity contribution in [2.75, 3.05) is 56.6 Å². The van der Waals surface area contributed by atoms with Gasteiger partial charge in [-0.3, -0.25) is 9.69 Å². The van der Waals surface area contributed by atoms with Gasteiger partial charge in [0.15, 0.2) is 0 Å². The van der Waals surface area contributed by atoms with E-state index in [0.717, 1.165) is 111 Å². The number of allylic oxidation sites excluding steroid dienone is 1. The smallest absolute Gasteiger partial charge is 0.268 e. The highest BCUT2D eigenvalue weighted by molar-refractivity contribution is 7.90. The number of hydrogen-bond acceptors (Lipinski definition) is 8. The zero-order valence-corrected chi connectivity index (χ0v) is 37.3. The number of carbonyl (C=O) groups is 1. The van der Waals surface area contributed by atoms with E-state index < -0.39 is 15.9 Å². The monoisotopic (exact) mass is 863 g/mol. The third-order valence-corrected chi connectivity index (χ3v) is 14.5. The Bertz CT molecular complexity index is 2500. The lowest BCUT2D eigenvalue weighted by Crippen LogP contribution is -2.47. The first-order valence-corrected chi connectivity index (χ1v) is 23.5. The molecular weight excluding hydrogens is 806 g/mol. The second kappa shape index (κ2) is 18.3. The number of anilines is 2. The third-order valence-electron chi connectivity index (χ3n) is 12.9. The molecule has 0 radical (unpaired) electrons. The lowest BCUT2D eigenvalue weighted by Gasteiger charge is -2.39. The van der Waals surface area contributed by atoms with Gasteiger partial charge in [0.05, 0.1) is 16.6 Å². The lowest BCUT2D eigenvalue weighted by molar-refractivity contribution is 0.0585. The van der Waals surface area contributed by atoms with Gasteiger partial charge < -0.3 is 24.7 Å². The molecular formula is C49H58ClN5O5S. The Kier molecular flexibility index (Phi) is 12.8. The maximum atomic E-state index is 14.0. The Hall–Kier alpha value is -4.81. The topological polar surface area (TPSA) is 116 Å². The first-order chi connectivity index (χ1) is 29.3. The molecule has 0 unspecified atom stereocenters. The number of aromatic nitrogens is 1. The summed E-state index contributed by atoms with van der Waals surface area (Å²) in [6.45, 7) is 11.7. The predicted octanol–water partition coefficient (Wildman–Crippen LogP) is 10.4. The summed E-state index contributed by atoms with van der Waals surface area (Å²) in [4.78, 5) is 22.0. The van der Waals surface area contributed by atoms with Crippen molar-refractivity contribution < 1.29 is 22.7 Å². The van der Waals surface area contributed by atoms with E-state index in [1.165, 1.54) is 23.1 Å². The molecule has 2 heterocycles. The molecule has 61 heavy (non-hydrogen) atoms. The number of ether oxygens (including phenoxy) is 2. The summed E-state index contributed by atoms with van der Waals surface area (Å²) in [5, 5.41) is 5.22. The molecule has 0 bridgehead atoms. The number of nitrogens with zero attached hydrogens (tertiary/aromatic N) is 2. The fraction of sp³-hybridized carbons (Fsp3) is 0.408. The molecule has 8 rings (SSSR count). The van der Waals surface area contributed by atoms with E-state index in [1.807, 2.05) is 61.7 Å². The van der Waals surface area contributed by atoms with Gasteiger partial charge in [0.2, 0.25) is 0 Å². The Labute approximate surface area is 365 Å². The van der Waals surface area contributed by atoms with E-state index in [2.05, 4.69) is 50.8 Å². The number of hydrogen-bond donors (Lipinski definition) is 3. The summed E-state index contributed by atoms with van der Waals surface area (Å²) in [5.41, 5.74) is 8.13. The highest BCUT2D eigenvalue weighted by Gasteiger charge is 2.30. The molecule has 5 aromatic rings. The molecule has 1 saturated carbocycles. The van der Waals surface area contributed by atoms with Crippen molar-refractivity contribution in [1.82, 2.24) is 14.6 Å². The molecule has 4 aromatic carbocycles. The Morgan fingerprint density at radius 3 is 2.43 bits per heavy atom. The van der Waals surface area contributed by atoms with Crippen molar-refractivity contribution in [2.45, 2.75) is 76.7 Å². The average molecular weight is 865 g/mol. The van der Waals surface area contributed by atoms with Crippen LogP contribution in [-0.2, 0) is 14.8 Å². The molecule has 1 saturated heterocycles. The van der Waals surface area contributed by atoms with E-state index in [9.17, 15) is 13.2 Å². The number of carbonyl (C=O) groups excluding carboxylic acids is 1. The van der Waals surface area contributed by atoms with E-state index >= 15 is 0 Å². The van der Waals surface area contributed by atoms with Gasteiger partial charge in [-0.15, -0.1) is 0 Å². The van der Waals surface area contributed by atoms with Crippen molar-refractivity contribution >= 4 is 55.4 Å². The molecule has 1 aromatic heterocycles. The minimum absolute atomic E-state index is 0.0207. The zero-order chi connectivity index (χ0) is 42.7. The van der Waals surface area contributed by atoms with Crippen LogP contribution in [0.2, 0.25) is 5.02 Å². The van der Waals surface area contributed by atoms with Crippen LogP contribution in [-0.4, -0.2) is 76.7 Å². The molecule has 1 aliphatic heterocycles. The van der Waals surface area contributed by atoms with Crippen molar-refractivity contribution in [3.63, 3.8) is 0 Å². The second-order valence-electron chi connectivity index (χ2n) is 17.9. The molecule has 0 atom stereocenters. The van der Waals surface area contributed by atoms with Crippen molar-refractivity contribution in [3.05, 3.63) is 118 Å². The minimum atomic E-state index is -4.21. The van der Waals surface area contributed by atoms with Gasteiger partial charge >= 0.3 is 0 Å². The van der Waals surface area contributed by atoms with Gasteiger partial charge in [-0.05, 0) is 147 Å². The molecule has 3 N–H and O–H groups in total. The number of H-pyrrole nitrogens is 1. The number of halogens is 1. The number of sulfonamides is 1. The normalized spacial score (nSPS) is 19.9. The van der Waals surface area contributed by atoms with Gasteiger partial charge in [-0.25, -0.2) is 13.1 Å². The Morgan fingerprint density at radius 1 is 0.918 bits per heavy atom. The summed E-state index contributed by atoms with van der Waals surface area (Å²) >= 11 is 6.26. The predicted molar refractivity (Wildman–Crippen MR) is 247 cm³/mol. The first-order valence-electron chi connectivity index (χ1n) is 21.6. The number of nitrogens with one attached hydrogen (secondary N) is 3. The molecule has 2 fully saturated rings. The van der Waals surface area contributed by atoms with E-state index in [1.54, 1.807) is 31.4 Å². The number of methoxy groups -OCH3 is 1. The first kappa shape index (κ1) is 42.9. The van der Waals surface area contributed by atoms with Crippen molar-refractivity contribution in [2.24, 2.45) is 11.3 Å². The molecule has 3 aliphatic rings. The Morgan fingerprint density at radius 2 is 1.69 bits per heavy atom. The number of aromatic amines is 1. The maximum absolute atomic E-state index is 14.0. The maximum Gasteiger partial charge on any atom is 0.268 e. The summed E-state index contributed by atoms with van der Waals surface area (Å²) in [6.07, 6.45) is 9.80. The fourth-order valence-corrected chi connectivity index (χ4v) is 10.3. The SMILES string of the molecule is CO[C@H]1CC[C@@H](CNc2ccc(S(=O)(=O)NC(=O)c3ccc(N4CCN(CC5=C(c6ccc(Cl)cc6)CC(C)(C)CC5)CC4)cc3Oc3ccc4[nH]ccc4c3)cc2C)CC1. The molecule has 12 heteroatoms. The number of fused-ring (bicyclic) bond motifs is 1. The van der Waals surface area contributed by atoms with Gasteiger partial charge in [0, 0.05) is 85.9 Å². The van der Waals surface area contributed by atoms with E-state index in [4.69, 9.17) is 21.1 Å². The number of aryl methyl sites for hydroxylation is 1. The summed E-state index contributed by atoms with van der Waals surface area (Å²) in [5.74, 6) is 0.594. The van der Waals surface area contributed by atoms with Gasteiger partial charge in [-0.2, -0.15) is 0 Å². The summed E-state index contributed by atoms with van der Waals surface area (Å²) < 4.78 is 41.8. The van der Waals surface area contributed by atoms with Gasteiger partial charge in [0.1, 0.15) is 11.5 Å². The molecule has 1 amide bonds. The van der Waals surface area contributed by atoms with Gasteiger partial charge in [0.25, 0.3) is 15.9 Å². The fourth-order valence-electron chi connectivity index (χ4n) is 9.16. The summed E-state index contributed by atoms with van der Waals surface area (Å²) in [6, 6.07) is 26.2. The van der Waals surface area contributed by atoms with E-state index in [-0.39, 0.29) is 21.6 Å². The van der Waals surface area contributed by atoms with Gasteiger partial charge in [-0.1, -0.05) is 43.2 Å². The zero-order valence-electron chi connectivity index (χ0n) is 35.7. The minimum Gasteiger partial charge on any atom is -0.456 e. The quantitative estimate of drug-likeness (QED) is 0.107. The van der Waals surface area contributed by atoms with Crippen LogP contribution in [0.15, 0.2) is 102 Å². The average Bonchev–Trinajstić information content (AvgIpc) is 3.72. The number of piperazine rings is 1.